The number of ether oxygens (including phenoxy) is 1. The van der Waals surface area contributed by atoms with Crippen LogP contribution in [0.25, 0.3) is 0 Å². The highest BCUT2D eigenvalue weighted by Crippen LogP contribution is 2.11. The maximum absolute atomic E-state index is 11.3. The van der Waals surface area contributed by atoms with Crippen molar-refractivity contribution in [3.63, 3.8) is 0 Å². The van der Waals surface area contributed by atoms with Gasteiger partial charge in [0.2, 0.25) is 6.61 Å². The average Bonchev–Trinajstić information content (AvgIpc) is 2.39. The Bertz CT molecular complexity index is 464. The fraction of sp³-hybridized carbons (Fsp3) is 0.429. The van der Waals surface area contributed by atoms with E-state index in [-0.39, 0.29) is 19.0 Å². The summed E-state index contributed by atoms with van der Waals surface area (Å²) in [6.07, 6.45) is 0. The minimum atomic E-state index is -0.417. The van der Waals surface area contributed by atoms with Crippen molar-refractivity contribution in [3.8, 4) is 0 Å². The van der Waals surface area contributed by atoms with Gasteiger partial charge in [-0.15, -0.1) is 12.4 Å². The van der Waals surface area contributed by atoms with Gasteiger partial charge < -0.3 is 14.5 Å². The number of likely N-dealkylation sites (N-methyl/N-ethyl adjacent to an activating group) is 1. The number of carbonyl (C=O) groups excluding carboxylic acids is 1. The molecular formula is C14H20BrClN2O3. The molecule has 0 saturated heterocycles. The Hall–Kier alpha value is -1.11. The number of halogens is 2. The molecule has 0 N–H and O–H groups in total. The summed E-state index contributed by atoms with van der Waals surface area (Å²) in [7, 11) is 3.83. The SMILES string of the molecule is C/C(=N\OCC(=O)OCCN(C)C)c1ccc(Br)cc1.Cl. The van der Waals surface area contributed by atoms with Gasteiger partial charge in [0.1, 0.15) is 6.61 Å². The Morgan fingerprint density at radius 3 is 2.48 bits per heavy atom. The zero-order valence-corrected chi connectivity index (χ0v) is 14.7. The average molecular weight is 380 g/mol. The van der Waals surface area contributed by atoms with Crippen molar-refractivity contribution < 1.29 is 14.4 Å². The molecule has 118 valence electrons. The fourth-order valence-electron chi connectivity index (χ4n) is 1.31. The minimum Gasteiger partial charge on any atom is -0.462 e. The van der Waals surface area contributed by atoms with E-state index in [1.807, 2.05) is 50.2 Å². The first kappa shape index (κ1) is 19.9. The molecule has 0 spiro atoms. The van der Waals surface area contributed by atoms with Crippen molar-refractivity contribution in [1.82, 2.24) is 4.90 Å². The Labute approximate surface area is 139 Å². The molecule has 7 heteroatoms. The molecule has 0 saturated carbocycles. The highest BCUT2D eigenvalue weighted by Gasteiger charge is 2.04. The number of hydrogen-bond acceptors (Lipinski definition) is 5. The lowest BCUT2D eigenvalue weighted by Gasteiger charge is -2.09. The Morgan fingerprint density at radius 1 is 1.29 bits per heavy atom. The van der Waals surface area contributed by atoms with E-state index < -0.39 is 5.97 Å². The lowest BCUT2D eigenvalue weighted by molar-refractivity contribution is -0.149. The molecule has 5 nitrogen and oxygen atoms in total. The molecule has 0 bridgehead atoms. The Balaban J connectivity index is 0.00000400. The summed E-state index contributed by atoms with van der Waals surface area (Å²) in [5, 5.41) is 3.90. The number of esters is 1. The van der Waals surface area contributed by atoms with Gasteiger partial charge in [0, 0.05) is 11.0 Å². The summed E-state index contributed by atoms with van der Waals surface area (Å²) < 4.78 is 5.97. The van der Waals surface area contributed by atoms with Crippen LogP contribution in [0.3, 0.4) is 0 Å². The molecule has 21 heavy (non-hydrogen) atoms. The van der Waals surface area contributed by atoms with E-state index in [0.717, 1.165) is 10.0 Å². The van der Waals surface area contributed by atoms with Crippen LogP contribution in [0, 0.1) is 0 Å². The normalized spacial score (nSPS) is 11.0. The lowest BCUT2D eigenvalue weighted by atomic mass is 10.1. The van der Waals surface area contributed by atoms with Gasteiger partial charge in [0.25, 0.3) is 0 Å². The van der Waals surface area contributed by atoms with Gasteiger partial charge in [0.05, 0.1) is 5.71 Å². The van der Waals surface area contributed by atoms with Gasteiger partial charge in [-0.2, -0.15) is 0 Å². The van der Waals surface area contributed by atoms with Crippen LogP contribution in [0.5, 0.6) is 0 Å². The van der Waals surface area contributed by atoms with Crippen LogP contribution in [0.4, 0.5) is 0 Å². The molecular weight excluding hydrogens is 360 g/mol. The summed E-state index contributed by atoms with van der Waals surface area (Å²) >= 11 is 3.36. The van der Waals surface area contributed by atoms with E-state index in [0.29, 0.717) is 18.9 Å². The molecule has 0 radical (unpaired) electrons. The summed E-state index contributed by atoms with van der Waals surface area (Å²) in [5.74, 6) is -0.417. The molecule has 0 aliphatic rings. The molecule has 0 atom stereocenters. The number of rotatable bonds is 7. The van der Waals surface area contributed by atoms with Crippen LogP contribution in [-0.2, 0) is 14.4 Å². The Morgan fingerprint density at radius 2 is 1.90 bits per heavy atom. The standard InChI is InChI=1S/C14H19BrN2O3.ClH/c1-11(12-4-6-13(15)7-5-12)16-20-10-14(18)19-9-8-17(2)3;/h4-7H,8-10H2,1-3H3;1H/b16-11+;. The van der Waals surface area contributed by atoms with Crippen LogP contribution >= 0.6 is 28.3 Å². The second kappa shape index (κ2) is 10.6. The zero-order chi connectivity index (χ0) is 15.0. The van der Waals surface area contributed by atoms with E-state index in [1.54, 1.807) is 0 Å². The van der Waals surface area contributed by atoms with Crippen molar-refractivity contribution in [2.45, 2.75) is 6.92 Å². The van der Waals surface area contributed by atoms with E-state index in [4.69, 9.17) is 9.57 Å². The smallest absolute Gasteiger partial charge is 0.347 e. The number of benzene rings is 1. The van der Waals surface area contributed by atoms with E-state index in [2.05, 4.69) is 21.1 Å². The molecule has 0 aromatic heterocycles. The largest absolute Gasteiger partial charge is 0.462 e. The third-order valence-corrected chi connectivity index (χ3v) is 2.98. The highest BCUT2D eigenvalue weighted by atomic mass is 79.9. The van der Waals surface area contributed by atoms with Gasteiger partial charge in [-0.3, -0.25) is 0 Å². The van der Waals surface area contributed by atoms with Crippen molar-refractivity contribution >= 4 is 40.0 Å². The van der Waals surface area contributed by atoms with Gasteiger partial charge >= 0.3 is 5.97 Å². The van der Waals surface area contributed by atoms with Crippen LogP contribution in [-0.4, -0.2) is 50.4 Å². The van der Waals surface area contributed by atoms with E-state index >= 15 is 0 Å². The van der Waals surface area contributed by atoms with Crippen LogP contribution in [0.1, 0.15) is 12.5 Å². The molecule has 0 fully saturated rings. The lowest BCUT2D eigenvalue weighted by Crippen LogP contribution is -2.21. The third kappa shape index (κ3) is 8.70. The van der Waals surface area contributed by atoms with Gasteiger partial charge in [-0.05, 0) is 38.7 Å². The van der Waals surface area contributed by atoms with Crippen molar-refractivity contribution in [2.24, 2.45) is 5.16 Å². The number of oxime groups is 1. The zero-order valence-electron chi connectivity index (χ0n) is 12.3. The molecule has 1 aromatic carbocycles. The first-order valence-corrected chi connectivity index (χ1v) is 7.01. The maximum atomic E-state index is 11.3. The molecule has 1 rings (SSSR count). The highest BCUT2D eigenvalue weighted by molar-refractivity contribution is 9.10. The number of hydrogen-bond donors (Lipinski definition) is 0. The van der Waals surface area contributed by atoms with E-state index in [1.165, 1.54) is 0 Å². The molecule has 0 unspecified atom stereocenters. The van der Waals surface area contributed by atoms with Crippen molar-refractivity contribution in [3.05, 3.63) is 34.3 Å². The summed E-state index contributed by atoms with van der Waals surface area (Å²) in [4.78, 5) is 18.3. The fourth-order valence-corrected chi connectivity index (χ4v) is 1.57. The molecule has 0 aliphatic heterocycles. The predicted molar refractivity (Wildman–Crippen MR) is 89.1 cm³/mol. The number of carbonyl (C=O) groups is 1. The molecule has 0 heterocycles. The van der Waals surface area contributed by atoms with Crippen LogP contribution in [0.2, 0.25) is 0 Å². The van der Waals surface area contributed by atoms with Crippen molar-refractivity contribution in [2.75, 3.05) is 33.9 Å². The third-order valence-electron chi connectivity index (χ3n) is 2.45. The molecule has 0 amide bonds. The van der Waals surface area contributed by atoms with Gasteiger partial charge in [0.15, 0.2) is 0 Å². The summed E-state index contributed by atoms with van der Waals surface area (Å²) in [5.41, 5.74) is 1.65. The molecule has 1 aromatic rings. The first-order chi connectivity index (χ1) is 9.49. The topological polar surface area (TPSA) is 51.1 Å². The second-order valence-corrected chi connectivity index (χ2v) is 5.40. The minimum absolute atomic E-state index is 0. The van der Waals surface area contributed by atoms with Crippen LogP contribution in [0.15, 0.2) is 33.9 Å². The monoisotopic (exact) mass is 378 g/mol. The van der Waals surface area contributed by atoms with Crippen LogP contribution < -0.4 is 0 Å². The Kier molecular flexibility index (Phi) is 10.0. The van der Waals surface area contributed by atoms with Gasteiger partial charge in [-0.25, -0.2) is 4.79 Å². The number of nitrogens with zero attached hydrogens (tertiary/aromatic N) is 2. The molecule has 0 aliphatic carbocycles. The predicted octanol–water partition coefficient (Wildman–Crippen LogP) is 2.72. The van der Waals surface area contributed by atoms with Gasteiger partial charge in [-0.1, -0.05) is 33.2 Å². The first-order valence-electron chi connectivity index (χ1n) is 6.22. The van der Waals surface area contributed by atoms with E-state index in [9.17, 15) is 4.79 Å². The summed E-state index contributed by atoms with van der Waals surface area (Å²) in [6, 6.07) is 7.68. The second-order valence-electron chi connectivity index (χ2n) is 4.48. The quantitative estimate of drug-likeness (QED) is 0.415. The maximum Gasteiger partial charge on any atom is 0.347 e. The van der Waals surface area contributed by atoms with Crippen molar-refractivity contribution in [1.29, 1.82) is 0 Å². The summed E-state index contributed by atoms with van der Waals surface area (Å²) in [6.45, 7) is 2.68.